The number of amides is 5. The zero-order valence-corrected chi connectivity index (χ0v) is 22.7. The van der Waals surface area contributed by atoms with Crippen molar-refractivity contribution in [2.75, 3.05) is 19.0 Å². The van der Waals surface area contributed by atoms with Gasteiger partial charge in [0.15, 0.2) is 6.61 Å². The molecule has 1 heterocycles. The summed E-state index contributed by atoms with van der Waals surface area (Å²) in [5.41, 5.74) is 2.09. The number of urea groups is 1. The second kappa shape index (κ2) is 11.8. The molecule has 3 aromatic carbocycles. The first-order chi connectivity index (χ1) is 19.8. The molecule has 0 spiro atoms. The Bertz CT molecular complexity index is 1460. The highest BCUT2D eigenvalue weighted by atomic mass is 19.1. The molecule has 9 nitrogen and oxygen atoms in total. The topological polar surface area (TPSA) is 117 Å². The molecule has 3 aromatic rings. The summed E-state index contributed by atoms with van der Waals surface area (Å²) in [4.78, 5) is 53.0. The first-order valence-corrected chi connectivity index (χ1v) is 13.5. The first kappa shape index (κ1) is 27.8. The van der Waals surface area contributed by atoms with Gasteiger partial charge in [0.2, 0.25) is 5.91 Å². The van der Waals surface area contributed by atoms with Crippen LogP contribution in [0.15, 0.2) is 72.8 Å². The molecule has 5 rings (SSSR count). The Morgan fingerprint density at radius 3 is 2.34 bits per heavy atom. The number of imide groups is 1. The van der Waals surface area contributed by atoms with Gasteiger partial charge in [-0.2, -0.15) is 0 Å². The van der Waals surface area contributed by atoms with E-state index in [9.17, 15) is 23.6 Å². The monoisotopic (exact) mass is 558 g/mol. The van der Waals surface area contributed by atoms with Gasteiger partial charge >= 0.3 is 6.03 Å². The van der Waals surface area contributed by atoms with Gasteiger partial charge in [0, 0.05) is 13.0 Å². The average molecular weight is 559 g/mol. The highest BCUT2D eigenvalue weighted by molar-refractivity contribution is 6.10. The Kier molecular flexibility index (Phi) is 8.00. The fraction of sp³-hybridized carbons (Fsp3) is 0.290. The second-order valence-electron chi connectivity index (χ2n) is 10.3. The van der Waals surface area contributed by atoms with Gasteiger partial charge in [0.25, 0.3) is 11.8 Å². The van der Waals surface area contributed by atoms with Crippen molar-refractivity contribution in [1.29, 1.82) is 0 Å². The third kappa shape index (κ3) is 6.06. The predicted octanol–water partition coefficient (Wildman–Crippen LogP) is 4.23. The molecule has 0 aromatic heterocycles. The van der Waals surface area contributed by atoms with Crippen molar-refractivity contribution >= 4 is 29.4 Å². The van der Waals surface area contributed by atoms with Crippen molar-refractivity contribution in [2.45, 2.75) is 43.7 Å². The summed E-state index contributed by atoms with van der Waals surface area (Å²) in [5.74, 6) is -1.99. The number of anilines is 1. The number of hydrogen-bond donors (Lipinski definition) is 3. The zero-order chi connectivity index (χ0) is 29.1. The molecule has 2 fully saturated rings. The van der Waals surface area contributed by atoms with Crippen LogP contribution in [0.1, 0.15) is 54.3 Å². The quantitative estimate of drug-likeness (QED) is 0.322. The lowest BCUT2D eigenvalue weighted by molar-refractivity contribution is -0.134. The summed E-state index contributed by atoms with van der Waals surface area (Å²) < 4.78 is 20.4. The fourth-order valence-electron chi connectivity index (χ4n) is 4.98. The van der Waals surface area contributed by atoms with Gasteiger partial charge < -0.3 is 20.7 Å². The van der Waals surface area contributed by atoms with E-state index in [1.165, 1.54) is 19.2 Å². The maximum atomic E-state index is 14.9. The van der Waals surface area contributed by atoms with Gasteiger partial charge in [-0.1, -0.05) is 55.5 Å². The Balaban J connectivity index is 1.39. The van der Waals surface area contributed by atoms with Crippen molar-refractivity contribution in [2.24, 2.45) is 0 Å². The van der Waals surface area contributed by atoms with Gasteiger partial charge in [-0.05, 0) is 59.7 Å². The van der Waals surface area contributed by atoms with E-state index in [4.69, 9.17) is 4.74 Å². The zero-order valence-electron chi connectivity index (χ0n) is 22.7. The first-order valence-electron chi connectivity index (χ1n) is 13.5. The van der Waals surface area contributed by atoms with E-state index < -0.39 is 41.7 Å². The van der Waals surface area contributed by atoms with Crippen molar-refractivity contribution < 1.29 is 28.3 Å². The SMILES string of the molecule is CNC(=O)COc1ccc([C@H]2NC(=O)N(C(C(=O)Nc3ccc(C4CC4)cc3F)[C@@H](C)c3ccccc3)C2=O)cc1. The minimum atomic E-state index is -1.26. The van der Waals surface area contributed by atoms with Gasteiger partial charge in [-0.15, -0.1) is 0 Å². The minimum absolute atomic E-state index is 0.0133. The van der Waals surface area contributed by atoms with Gasteiger partial charge in [0.1, 0.15) is 23.7 Å². The second-order valence-corrected chi connectivity index (χ2v) is 10.3. The van der Waals surface area contributed by atoms with E-state index in [1.807, 2.05) is 18.2 Å². The van der Waals surface area contributed by atoms with E-state index in [1.54, 1.807) is 49.4 Å². The minimum Gasteiger partial charge on any atom is -0.484 e. The Morgan fingerprint density at radius 1 is 1.02 bits per heavy atom. The molecule has 2 aliphatic rings. The van der Waals surface area contributed by atoms with Gasteiger partial charge in [0.05, 0.1) is 5.69 Å². The molecule has 10 heteroatoms. The lowest BCUT2D eigenvalue weighted by Crippen LogP contribution is -2.50. The molecule has 1 saturated carbocycles. The van der Waals surface area contributed by atoms with E-state index in [0.717, 1.165) is 28.9 Å². The highest BCUT2D eigenvalue weighted by Gasteiger charge is 2.47. The summed E-state index contributed by atoms with van der Waals surface area (Å²) in [7, 11) is 1.50. The van der Waals surface area contributed by atoms with Crippen LogP contribution in [0.25, 0.3) is 0 Å². The third-order valence-corrected chi connectivity index (χ3v) is 7.48. The van der Waals surface area contributed by atoms with Crippen LogP contribution in [0.5, 0.6) is 5.75 Å². The van der Waals surface area contributed by atoms with Crippen LogP contribution in [-0.2, 0) is 14.4 Å². The van der Waals surface area contributed by atoms with Crippen molar-refractivity contribution in [3.8, 4) is 5.75 Å². The fourth-order valence-corrected chi connectivity index (χ4v) is 4.98. The van der Waals surface area contributed by atoms with Crippen LogP contribution in [0, 0.1) is 5.82 Å². The summed E-state index contributed by atoms with van der Waals surface area (Å²) in [6.45, 7) is 1.58. The largest absolute Gasteiger partial charge is 0.484 e. The predicted molar refractivity (Wildman–Crippen MR) is 150 cm³/mol. The van der Waals surface area contributed by atoms with E-state index in [-0.39, 0.29) is 18.2 Å². The number of carbonyl (C=O) groups is 4. The standard InChI is InChI=1S/C31H31FN4O5/c1-18(19-6-4-3-5-7-19)28(29(38)34-25-15-12-22(16-24(25)32)20-8-9-20)36-30(39)27(35-31(36)40)21-10-13-23(14-11-21)41-17-26(37)33-2/h3-7,10-16,18,20,27-28H,8-9,17H2,1-2H3,(H,33,37)(H,34,38)(H,35,40)/t18-,27+,28?/m0/s1. The number of halogens is 1. The molecule has 3 N–H and O–H groups in total. The summed E-state index contributed by atoms with van der Waals surface area (Å²) in [6.07, 6.45) is 2.03. The van der Waals surface area contributed by atoms with E-state index in [2.05, 4.69) is 16.0 Å². The number of benzene rings is 3. The Labute approximate surface area is 237 Å². The smallest absolute Gasteiger partial charge is 0.325 e. The van der Waals surface area contributed by atoms with Crippen LogP contribution in [0.2, 0.25) is 0 Å². The number of nitrogens with one attached hydrogen (secondary N) is 3. The van der Waals surface area contributed by atoms with Crippen LogP contribution in [-0.4, -0.2) is 48.3 Å². The number of rotatable bonds is 10. The average Bonchev–Trinajstić information content (AvgIpc) is 3.80. The Morgan fingerprint density at radius 2 is 1.71 bits per heavy atom. The van der Waals surface area contributed by atoms with Crippen LogP contribution < -0.4 is 20.7 Å². The molecule has 212 valence electrons. The van der Waals surface area contributed by atoms with Gasteiger partial charge in [-0.3, -0.25) is 14.4 Å². The Hall–Kier alpha value is -4.73. The molecule has 3 atom stereocenters. The summed E-state index contributed by atoms with van der Waals surface area (Å²) in [6, 6.07) is 17.2. The molecular formula is C31H31FN4O5. The van der Waals surface area contributed by atoms with Crippen molar-refractivity contribution in [1.82, 2.24) is 15.5 Å². The molecule has 1 unspecified atom stereocenters. The summed E-state index contributed by atoms with van der Waals surface area (Å²) >= 11 is 0. The highest BCUT2D eigenvalue weighted by Crippen LogP contribution is 2.41. The van der Waals surface area contributed by atoms with E-state index in [0.29, 0.717) is 17.2 Å². The summed E-state index contributed by atoms with van der Waals surface area (Å²) in [5, 5.41) is 7.75. The molecule has 1 saturated heterocycles. The molecule has 1 aliphatic heterocycles. The number of likely N-dealkylation sites (N-methyl/N-ethyl adjacent to an activating group) is 1. The van der Waals surface area contributed by atoms with Crippen LogP contribution >= 0.6 is 0 Å². The molecule has 41 heavy (non-hydrogen) atoms. The molecule has 0 bridgehead atoms. The lowest BCUT2D eigenvalue weighted by atomic mass is 9.91. The third-order valence-electron chi connectivity index (χ3n) is 7.48. The van der Waals surface area contributed by atoms with E-state index >= 15 is 0 Å². The van der Waals surface area contributed by atoms with Gasteiger partial charge in [-0.25, -0.2) is 14.1 Å². The number of nitrogens with zero attached hydrogens (tertiary/aromatic N) is 1. The maximum Gasteiger partial charge on any atom is 0.325 e. The number of ether oxygens (including phenoxy) is 1. The van der Waals surface area contributed by atoms with Crippen molar-refractivity contribution in [3.05, 3.63) is 95.3 Å². The number of carbonyl (C=O) groups excluding carboxylic acids is 4. The maximum absolute atomic E-state index is 14.9. The molecule has 0 radical (unpaired) electrons. The molecule has 5 amide bonds. The lowest BCUT2D eigenvalue weighted by Gasteiger charge is -2.30. The normalized spacial score (nSPS) is 17.9. The van der Waals surface area contributed by atoms with Crippen LogP contribution in [0.3, 0.4) is 0 Å². The van der Waals surface area contributed by atoms with Crippen LogP contribution in [0.4, 0.5) is 14.9 Å². The molecule has 1 aliphatic carbocycles. The van der Waals surface area contributed by atoms with Crippen molar-refractivity contribution in [3.63, 3.8) is 0 Å². The number of hydrogen-bond acceptors (Lipinski definition) is 5. The molecular weight excluding hydrogens is 527 g/mol.